The van der Waals surface area contributed by atoms with E-state index >= 15 is 0 Å². The standard InChI is InChI=1S/C21H24N2O/c1-3-7-17(8-4-1)20-21(18-9-5-2-6-10-18)23-19(22-20)15-16-11-13-24-14-12-16/h1-10,16,20-21H,11-15H2,(H,22,23)/t20-,21+. The molecule has 0 spiro atoms. The van der Waals surface area contributed by atoms with Crippen LogP contribution in [0, 0.1) is 5.92 Å². The van der Waals surface area contributed by atoms with E-state index in [1.807, 2.05) is 0 Å². The minimum absolute atomic E-state index is 0.156. The minimum atomic E-state index is 0.156. The molecule has 1 saturated heterocycles. The third-order valence-electron chi connectivity index (χ3n) is 5.06. The van der Waals surface area contributed by atoms with E-state index in [1.165, 1.54) is 11.1 Å². The monoisotopic (exact) mass is 320 g/mol. The largest absolute Gasteiger partial charge is 0.381 e. The van der Waals surface area contributed by atoms with E-state index in [-0.39, 0.29) is 12.1 Å². The Morgan fingerprint density at radius 1 is 0.875 bits per heavy atom. The highest BCUT2D eigenvalue weighted by molar-refractivity contribution is 5.85. The Morgan fingerprint density at radius 3 is 2.17 bits per heavy atom. The van der Waals surface area contributed by atoms with Gasteiger partial charge in [0.05, 0.1) is 11.9 Å². The lowest BCUT2D eigenvalue weighted by Gasteiger charge is -2.23. The maximum Gasteiger partial charge on any atom is 0.101 e. The molecule has 2 heterocycles. The molecule has 124 valence electrons. The van der Waals surface area contributed by atoms with Crippen molar-refractivity contribution in [2.24, 2.45) is 10.9 Å². The van der Waals surface area contributed by atoms with Gasteiger partial charge < -0.3 is 10.1 Å². The highest BCUT2D eigenvalue weighted by atomic mass is 16.5. The van der Waals surface area contributed by atoms with Gasteiger partial charge in [0.15, 0.2) is 0 Å². The second kappa shape index (κ2) is 7.18. The average molecular weight is 320 g/mol. The number of amidine groups is 1. The van der Waals surface area contributed by atoms with Crippen molar-refractivity contribution in [2.45, 2.75) is 31.3 Å². The fraction of sp³-hybridized carbons (Fsp3) is 0.381. The fourth-order valence-electron chi connectivity index (χ4n) is 3.72. The predicted molar refractivity (Wildman–Crippen MR) is 97.1 cm³/mol. The first kappa shape index (κ1) is 15.4. The third-order valence-corrected chi connectivity index (χ3v) is 5.06. The summed E-state index contributed by atoms with van der Waals surface area (Å²) in [7, 11) is 0. The molecular formula is C21H24N2O. The number of hydrogen-bond acceptors (Lipinski definition) is 3. The summed E-state index contributed by atoms with van der Waals surface area (Å²) in [6, 6.07) is 21.7. The number of nitrogens with zero attached hydrogens (tertiary/aromatic N) is 1. The van der Waals surface area contributed by atoms with E-state index in [2.05, 4.69) is 66.0 Å². The van der Waals surface area contributed by atoms with Crippen LogP contribution in [0.25, 0.3) is 0 Å². The molecule has 2 atom stereocenters. The van der Waals surface area contributed by atoms with Gasteiger partial charge in [-0.2, -0.15) is 0 Å². The molecular weight excluding hydrogens is 296 g/mol. The summed E-state index contributed by atoms with van der Waals surface area (Å²) in [4.78, 5) is 5.07. The lowest BCUT2D eigenvalue weighted by molar-refractivity contribution is 0.0683. The summed E-state index contributed by atoms with van der Waals surface area (Å²) in [5.74, 6) is 1.85. The molecule has 3 nitrogen and oxygen atoms in total. The molecule has 1 N–H and O–H groups in total. The number of hydrogen-bond donors (Lipinski definition) is 1. The van der Waals surface area contributed by atoms with Crippen LogP contribution in [-0.4, -0.2) is 19.0 Å². The highest BCUT2D eigenvalue weighted by Crippen LogP contribution is 2.37. The van der Waals surface area contributed by atoms with Crippen molar-refractivity contribution < 1.29 is 4.74 Å². The molecule has 4 rings (SSSR count). The Kier molecular flexibility index (Phi) is 4.61. The maximum atomic E-state index is 5.48. The van der Waals surface area contributed by atoms with Crippen LogP contribution in [0.4, 0.5) is 0 Å². The van der Waals surface area contributed by atoms with Crippen LogP contribution in [0.15, 0.2) is 65.7 Å². The number of rotatable bonds is 4. The highest BCUT2D eigenvalue weighted by Gasteiger charge is 2.32. The van der Waals surface area contributed by atoms with Gasteiger partial charge in [0.1, 0.15) is 6.04 Å². The van der Waals surface area contributed by atoms with Gasteiger partial charge in [-0.3, -0.25) is 4.99 Å². The number of ether oxygens (including phenoxy) is 1. The molecule has 0 amide bonds. The molecule has 0 aliphatic carbocycles. The quantitative estimate of drug-likeness (QED) is 0.912. The van der Waals surface area contributed by atoms with E-state index in [4.69, 9.17) is 9.73 Å². The third kappa shape index (κ3) is 3.36. The summed E-state index contributed by atoms with van der Waals surface area (Å²) in [6.07, 6.45) is 3.33. The summed E-state index contributed by atoms with van der Waals surface area (Å²) in [6.45, 7) is 1.78. The average Bonchev–Trinajstić information content (AvgIpc) is 3.08. The smallest absolute Gasteiger partial charge is 0.101 e. The SMILES string of the molecule is c1ccc([C@H]2NC(CC3CCOCC3)=N[C@H]2c2ccccc2)cc1. The molecule has 2 aromatic rings. The van der Waals surface area contributed by atoms with Crippen molar-refractivity contribution in [1.29, 1.82) is 0 Å². The van der Waals surface area contributed by atoms with E-state index in [0.717, 1.165) is 38.3 Å². The maximum absolute atomic E-state index is 5.48. The van der Waals surface area contributed by atoms with Gasteiger partial charge >= 0.3 is 0 Å². The first-order valence-electron chi connectivity index (χ1n) is 8.91. The van der Waals surface area contributed by atoms with E-state index in [0.29, 0.717) is 5.92 Å². The van der Waals surface area contributed by atoms with Crippen molar-refractivity contribution in [2.75, 3.05) is 13.2 Å². The number of aliphatic imine (C=N–C) groups is 1. The van der Waals surface area contributed by atoms with Crippen molar-refractivity contribution in [1.82, 2.24) is 5.32 Å². The molecule has 24 heavy (non-hydrogen) atoms. The summed E-state index contributed by atoms with van der Waals surface area (Å²) >= 11 is 0. The lowest BCUT2D eigenvalue weighted by atomic mass is 9.94. The van der Waals surface area contributed by atoms with Gasteiger partial charge in [-0.05, 0) is 29.9 Å². The predicted octanol–water partition coefficient (Wildman–Crippen LogP) is 4.29. The summed E-state index contributed by atoms with van der Waals surface area (Å²) < 4.78 is 5.48. The minimum Gasteiger partial charge on any atom is -0.381 e. The van der Waals surface area contributed by atoms with Crippen molar-refractivity contribution >= 4 is 5.84 Å². The fourth-order valence-corrected chi connectivity index (χ4v) is 3.72. The molecule has 3 heteroatoms. The van der Waals surface area contributed by atoms with Crippen molar-refractivity contribution in [3.8, 4) is 0 Å². The van der Waals surface area contributed by atoms with Crippen molar-refractivity contribution in [3.63, 3.8) is 0 Å². The van der Waals surface area contributed by atoms with Crippen molar-refractivity contribution in [3.05, 3.63) is 71.8 Å². The Hall–Kier alpha value is -2.13. The molecule has 0 radical (unpaired) electrons. The topological polar surface area (TPSA) is 33.6 Å². The van der Waals surface area contributed by atoms with Crippen LogP contribution in [0.1, 0.15) is 42.5 Å². The zero-order valence-corrected chi connectivity index (χ0v) is 13.9. The van der Waals surface area contributed by atoms with Gasteiger partial charge in [0.2, 0.25) is 0 Å². The summed E-state index contributed by atoms with van der Waals surface area (Å²) in [5, 5.41) is 3.71. The molecule has 0 unspecified atom stereocenters. The molecule has 2 aliphatic rings. The lowest BCUT2D eigenvalue weighted by Crippen LogP contribution is -2.27. The normalized spacial score (nSPS) is 24.4. The zero-order chi connectivity index (χ0) is 16.2. The summed E-state index contributed by atoms with van der Waals surface area (Å²) in [5.41, 5.74) is 2.58. The van der Waals surface area contributed by atoms with Crippen LogP contribution in [0.5, 0.6) is 0 Å². The molecule has 0 saturated carbocycles. The van der Waals surface area contributed by atoms with Crippen LogP contribution in [0.3, 0.4) is 0 Å². The Morgan fingerprint density at radius 2 is 1.50 bits per heavy atom. The first-order valence-corrected chi connectivity index (χ1v) is 8.91. The van der Waals surface area contributed by atoms with Gasteiger partial charge in [0.25, 0.3) is 0 Å². The van der Waals surface area contributed by atoms with E-state index < -0.39 is 0 Å². The Bertz CT molecular complexity index is 677. The van der Waals surface area contributed by atoms with Gasteiger partial charge in [-0.1, -0.05) is 60.7 Å². The van der Waals surface area contributed by atoms with E-state index in [1.54, 1.807) is 0 Å². The Balaban J connectivity index is 1.58. The van der Waals surface area contributed by atoms with Gasteiger partial charge in [-0.15, -0.1) is 0 Å². The van der Waals surface area contributed by atoms with E-state index in [9.17, 15) is 0 Å². The number of benzene rings is 2. The second-order valence-corrected chi connectivity index (χ2v) is 6.72. The second-order valence-electron chi connectivity index (χ2n) is 6.72. The van der Waals surface area contributed by atoms with Gasteiger partial charge in [-0.25, -0.2) is 0 Å². The molecule has 0 bridgehead atoms. The molecule has 0 aromatic heterocycles. The van der Waals surface area contributed by atoms with Gasteiger partial charge in [0, 0.05) is 19.6 Å². The first-order chi connectivity index (χ1) is 11.9. The molecule has 2 aromatic carbocycles. The zero-order valence-electron chi connectivity index (χ0n) is 13.9. The molecule has 2 aliphatic heterocycles. The van der Waals surface area contributed by atoms with Crippen LogP contribution < -0.4 is 5.32 Å². The van der Waals surface area contributed by atoms with Crippen LogP contribution >= 0.6 is 0 Å². The number of nitrogens with one attached hydrogen (secondary N) is 1. The van der Waals surface area contributed by atoms with Crippen LogP contribution in [0.2, 0.25) is 0 Å². The Labute approximate surface area is 143 Å². The molecule has 1 fully saturated rings. The van der Waals surface area contributed by atoms with Crippen LogP contribution in [-0.2, 0) is 4.74 Å².